The van der Waals surface area contributed by atoms with Crippen molar-refractivity contribution < 1.29 is 18.9 Å². The first-order valence-electron chi connectivity index (χ1n) is 3.49. The van der Waals surface area contributed by atoms with Gasteiger partial charge in [-0.2, -0.15) is 0 Å². The zero-order valence-electron chi connectivity index (χ0n) is 7.18. The Labute approximate surface area is 81.4 Å². The molecule has 0 aliphatic carbocycles. The normalized spacial score (nSPS) is 13.2. The van der Waals surface area contributed by atoms with E-state index in [1.54, 1.807) is 19.4 Å². The summed E-state index contributed by atoms with van der Waals surface area (Å²) in [6, 6.07) is 0. The van der Waals surface area contributed by atoms with Crippen molar-refractivity contribution >= 4 is 20.0 Å². The SMILES string of the molecule is COc1csc(C(O)OP=O)c1C. The Morgan fingerprint density at radius 3 is 2.85 bits per heavy atom. The van der Waals surface area contributed by atoms with Gasteiger partial charge < -0.3 is 9.84 Å². The van der Waals surface area contributed by atoms with Crippen molar-refractivity contribution in [2.45, 2.75) is 13.2 Å². The highest BCUT2D eigenvalue weighted by Gasteiger charge is 2.16. The molecule has 1 unspecified atom stereocenters. The van der Waals surface area contributed by atoms with Gasteiger partial charge in [0.25, 0.3) is 0 Å². The molecule has 0 saturated heterocycles. The highest BCUT2D eigenvalue weighted by Crippen LogP contribution is 2.34. The second kappa shape index (κ2) is 4.67. The molecule has 0 fully saturated rings. The topological polar surface area (TPSA) is 55.8 Å². The van der Waals surface area contributed by atoms with Gasteiger partial charge >= 0.3 is 8.69 Å². The van der Waals surface area contributed by atoms with Gasteiger partial charge in [-0.05, 0) is 6.92 Å². The van der Waals surface area contributed by atoms with E-state index in [1.165, 1.54) is 11.3 Å². The Morgan fingerprint density at radius 1 is 1.69 bits per heavy atom. The lowest BCUT2D eigenvalue weighted by Gasteiger charge is -2.05. The highest BCUT2D eigenvalue weighted by molar-refractivity contribution is 7.17. The Morgan fingerprint density at radius 2 is 2.38 bits per heavy atom. The molecule has 6 heteroatoms. The van der Waals surface area contributed by atoms with Crippen LogP contribution in [0.25, 0.3) is 0 Å². The lowest BCUT2D eigenvalue weighted by Crippen LogP contribution is -1.95. The zero-order valence-corrected chi connectivity index (χ0v) is 8.89. The number of aliphatic hydroxyl groups excluding tert-OH is 1. The molecule has 1 N–H and O–H groups in total. The van der Waals surface area contributed by atoms with E-state index < -0.39 is 15.0 Å². The van der Waals surface area contributed by atoms with Gasteiger partial charge in [-0.1, -0.05) is 0 Å². The monoisotopic (exact) mass is 220 g/mol. The number of hydrogen-bond acceptors (Lipinski definition) is 5. The van der Waals surface area contributed by atoms with Crippen LogP contribution in [0.5, 0.6) is 5.75 Å². The summed E-state index contributed by atoms with van der Waals surface area (Å²) in [7, 11) is 1.02. The summed E-state index contributed by atoms with van der Waals surface area (Å²) < 4.78 is 19.6. The Bertz CT molecular complexity index is 299. The third-order valence-corrected chi connectivity index (χ3v) is 3.00. The maximum atomic E-state index is 10.1. The summed E-state index contributed by atoms with van der Waals surface area (Å²) in [5.74, 6) is 0.699. The number of rotatable bonds is 4. The Hall–Kier alpha value is -0.480. The summed E-state index contributed by atoms with van der Waals surface area (Å²) in [6.45, 7) is 1.80. The van der Waals surface area contributed by atoms with Crippen LogP contribution in [-0.4, -0.2) is 12.2 Å². The van der Waals surface area contributed by atoms with Crippen molar-refractivity contribution in [1.82, 2.24) is 0 Å². The number of aliphatic hydroxyl groups is 1. The van der Waals surface area contributed by atoms with E-state index in [9.17, 15) is 9.67 Å². The zero-order chi connectivity index (χ0) is 9.84. The van der Waals surface area contributed by atoms with Gasteiger partial charge in [0.2, 0.25) is 6.29 Å². The fraction of sp³-hybridized carbons (Fsp3) is 0.429. The van der Waals surface area contributed by atoms with Crippen LogP contribution in [0, 0.1) is 6.92 Å². The molecular formula is C7H9O4PS. The van der Waals surface area contributed by atoms with Crippen LogP contribution in [0.1, 0.15) is 16.7 Å². The predicted octanol–water partition coefficient (Wildman–Crippen LogP) is 2.28. The molecule has 0 spiro atoms. The van der Waals surface area contributed by atoms with Crippen molar-refractivity contribution in [3.8, 4) is 5.75 Å². The van der Waals surface area contributed by atoms with Crippen molar-refractivity contribution in [3.63, 3.8) is 0 Å². The molecule has 72 valence electrons. The van der Waals surface area contributed by atoms with Crippen LogP contribution < -0.4 is 4.74 Å². The van der Waals surface area contributed by atoms with Crippen molar-refractivity contribution in [2.75, 3.05) is 7.11 Å². The first-order chi connectivity index (χ1) is 6.20. The summed E-state index contributed by atoms with van der Waals surface area (Å²) in [4.78, 5) is 0.611. The van der Waals surface area contributed by atoms with E-state index in [2.05, 4.69) is 4.52 Å². The molecule has 0 saturated carbocycles. The third kappa shape index (κ3) is 2.25. The van der Waals surface area contributed by atoms with Gasteiger partial charge in [0.1, 0.15) is 5.75 Å². The summed E-state index contributed by atoms with van der Waals surface area (Å²) in [6.07, 6.45) is -1.15. The second-order valence-corrected chi connectivity index (χ2v) is 3.60. The molecule has 13 heavy (non-hydrogen) atoms. The van der Waals surface area contributed by atoms with Crippen LogP contribution >= 0.6 is 20.0 Å². The standard InChI is InChI=1S/C7H9O4PS/c1-4-5(10-2)3-13-6(4)7(8)11-12-9/h3,7-8H,1-2H3. The quantitative estimate of drug-likeness (QED) is 0.624. The molecule has 0 bridgehead atoms. The van der Waals surface area contributed by atoms with E-state index >= 15 is 0 Å². The summed E-state index contributed by atoms with van der Waals surface area (Å²) in [5, 5.41) is 11.1. The minimum absolute atomic E-state index is 0.534. The van der Waals surface area contributed by atoms with Gasteiger partial charge in [-0.3, -0.25) is 4.52 Å². The molecule has 0 amide bonds. The predicted molar refractivity (Wildman–Crippen MR) is 49.3 cm³/mol. The first-order valence-corrected chi connectivity index (χ1v) is 5.10. The Kier molecular flexibility index (Phi) is 3.81. The molecule has 1 aromatic rings. The summed E-state index contributed by atoms with van der Waals surface area (Å²) in [5.41, 5.74) is 0.809. The molecular weight excluding hydrogens is 211 g/mol. The molecule has 0 radical (unpaired) electrons. The lowest BCUT2D eigenvalue weighted by atomic mass is 10.2. The first kappa shape index (κ1) is 10.6. The van der Waals surface area contributed by atoms with Gasteiger partial charge in [-0.25, -0.2) is 4.57 Å². The van der Waals surface area contributed by atoms with E-state index in [4.69, 9.17) is 4.74 Å². The Balaban J connectivity index is 2.88. The highest BCUT2D eigenvalue weighted by atomic mass is 32.1. The van der Waals surface area contributed by atoms with Crippen molar-refractivity contribution in [1.29, 1.82) is 0 Å². The van der Waals surface area contributed by atoms with Gasteiger partial charge in [0.05, 0.1) is 12.0 Å². The maximum Gasteiger partial charge on any atom is 0.330 e. The summed E-state index contributed by atoms with van der Waals surface area (Å²) >= 11 is 1.31. The van der Waals surface area contributed by atoms with Crippen LogP contribution in [0.2, 0.25) is 0 Å². The minimum Gasteiger partial charge on any atom is -0.496 e. The molecule has 0 aliphatic heterocycles. The number of ether oxygens (including phenoxy) is 1. The van der Waals surface area contributed by atoms with Crippen LogP contribution in [0.3, 0.4) is 0 Å². The van der Waals surface area contributed by atoms with E-state index in [1.807, 2.05) is 0 Å². The van der Waals surface area contributed by atoms with Crippen molar-refractivity contribution in [3.05, 3.63) is 15.8 Å². The smallest absolute Gasteiger partial charge is 0.330 e. The number of hydrogen-bond donors (Lipinski definition) is 1. The van der Waals surface area contributed by atoms with Crippen LogP contribution in [0.15, 0.2) is 5.38 Å². The average Bonchev–Trinajstić information content (AvgIpc) is 2.47. The fourth-order valence-electron chi connectivity index (χ4n) is 0.948. The van der Waals surface area contributed by atoms with Crippen molar-refractivity contribution in [2.24, 2.45) is 0 Å². The number of methoxy groups -OCH3 is 1. The lowest BCUT2D eigenvalue weighted by molar-refractivity contribution is -0.00670. The number of thiophene rings is 1. The minimum atomic E-state index is -1.15. The molecule has 1 aromatic heterocycles. The van der Waals surface area contributed by atoms with Crippen LogP contribution in [0.4, 0.5) is 0 Å². The van der Waals surface area contributed by atoms with E-state index in [-0.39, 0.29) is 0 Å². The van der Waals surface area contributed by atoms with Gasteiger partial charge in [0.15, 0.2) is 0 Å². The maximum absolute atomic E-state index is 10.1. The molecule has 1 heterocycles. The third-order valence-electron chi connectivity index (χ3n) is 1.62. The van der Waals surface area contributed by atoms with E-state index in [0.717, 1.165) is 5.56 Å². The molecule has 1 rings (SSSR count). The molecule has 0 aliphatic rings. The average molecular weight is 220 g/mol. The van der Waals surface area contributed by atoms with Gasteiger partial charge in [0, 0.05) is 10.9 Å². The van der Waals surface area contributed by atoms with E-state index in [0.29, 0.717) is 10.6 Å². The second-order valence-electron chi connectivity index (χ2n) is 2.33. The molecule has 0 aromatic carbocycles. The molecule has 1 atom stereocenters. The van der Waals surface area contributed by atoms with Gasteiger partial charge in [-0.15, -0.1) is 11.3 Å². The fourth-order valence-corrected chi connectivity index (χ4v) is 2.16. The van der Waals surface area contributed by atoms with Crippen LogP contribution in [-0.2, 0) is 9.09 Å². The molecule has 4 nitrogen and oxygen atoms in total. The largest absolute Gasteiger partial charge is 0.496 e.